The van der Waals surface area contributed by atoms with Crippen LogP contribution in [0.25, 0.3) is 6.08 Å². The Morgan fingerprint density at radius 3 is 2.48 bits per heavy atom. The topological polar surface area (TPSA) is 74.3 Å². The number of nitrogens with zero attached hydrogens (tertiary/aromatic N) is 1. The lowest BCUT2D eigenvalue weighted by atomic mass is 10.1. The first kappa shape index (κ1) is 22.6. The van der Waals surface area contributed by atoms with E-state index in [1.165, 1.54) is 23.8 Å². The zero-order valence-corrected chi connectivity index (χ0v) is 18.9. The third-order valence-electron chi connectivity index (χ3n) is 4.26. The van der Waals surface area contributed by atoms with Crippen molar-refractivity contribution in [3.8, 4) is 17.2 Å². The third-order valence-corrected chi connectivity index (χ3v) is 5.56. The number of hydrogen-bond acceptors (Lipinski definition) is 8. The maximum atomic E-state index is 13.0. The number of ether oxygens (including phenoxy) is 4. The molecule has 0 unspecified atom stereocenters. The number of carbonyl (C=O) groups excluding carboxylic acids is 2. The van der Waals surface area contributed by atoms with Crippen molar-refractivity contribution in [1.82, 2.24) is 0 Å². The molecule has 31 heavy (non-hydrogen) atoms. The summed E-state index contributed by atoms with van der Waals surface area (Å²) in [7, 11) is 3.09. The maximum absolute atomic E-state index is 13.0. The molecule has 1 aliphatic heterocycles. The van der Waals surface area contributed by atoms with Crippen molar-refractivity contribution in [2.24, 2.45) is 0 Å². The van der Waals surface area contributed by atoms with Gasteiger partial charge in [-0.1, -0.05) is 30.0 Å². The molecule has 0 atom stereocenters. The zero-order valence-electron chi connectivity index (χ0n) is 17.2. The molecule has 1 fully saturated rings. The summed E-state index contributed by atoms with van der Waals surface area (Å²) in [6.45, 7) is 1.75. The molecule has 2 aromatic carbocycles. The fraction of sp³-hybridized carbons (Fsp3) is 0.227. The summed E-state index contributed by atoms with van der Waals surface area (Å²) in [6.07, 6.45) is 1.72. The first-order chi connectivity index (χ1) is 15.0. The molecule has 1 heterocycles. The van der Waals surface area contributed by atoms with E-state index in [2.05, 4.69) is 0 Å². The molecule has 9 heteroatoms. The van der Waals surface area contributed by atoms with Gasteiger partial charge in [-0.2, -0.15) is 0 Å². The van der Waals surface area contributed by atoms with E-state index < -0.39 is 5.97 Å². The average molecular weight is 460 g/mol. The molecular weight excluding hydrogens is 438 g/mol. The van der Waals surface area contributed by atoms with Crippen LogP contribution >= 0.6 is 24.0 Å². The van der Waals surface area contributed by atoms with E-state index in [1.807, 2.05) is 0 Å². The van der Waals surface area contributed by atoms with Crippen LogP contribution in [0.4, 0.5) is 5.69 Å². The molecule has 0 aliphatic carbocycles. The van der Waals surface area contributed by atoms with Crippen LogP contribution in [-0.2, 0) is 14.3 Å². The lowest BCUT2D eigenvalue weighted by Gasteiger charge is -2.14. The van der Waals surface area contributed by atoms with Gasteiger partial charge in [-0.05, 0) is 55.0 Å². The Bertz CT molecular complexity index is 1020. The highest BCUT2D eigenvalue weighted by Gasteiger charge is 2.33. The van der Waals surface area contributed by atoms with Crippen LogP contribution in [-0.4, -0.2) is 43.6 Å². The molecule has 162 valence electrons. The molecule has 1 amide bonds. The Morgan fingerprint density at radius 1 is 1.10 bits per heavy atom. The predicted octanol–water partition coefficient (Wildman–Crippen LogP) is 4.05. The molecule has 2 aromatic rings. The van der Waals surface area contributed by atoms with E-state index in [0.29, 0.717) is 37.7 Å². The van der Waals surface area contributed by atoms with Gasteiger partial charge in [0.05, 0.1) is 31.4 Å². The molecule has 0 saturated carbocycles. The molecule has 1 saturated heterocycles. The van der Waals surface area contributed by atoms with Gasteiger partial charge in [0.1, 0.15) is 5.75 Å². The number of hydrogen-bond donors (Lipinski definition) is 0. The SMILES string of the molecule is CCOC(=O)COc1cc(/C=C2/SC(=S)N(c3ccc(OC)cc3)C2=O)ccc1OC. The van der Waals surface area contributed by atoms with Gasteiger partial charge in [0.2, 0.25) is 0 Å². The van der Waals surface area contributed by atoms with Gasteiger partial charge < -0.3 is 18.9 Å². The number of carbonyl (C=O) groups is 2. The van der Waals surface area contributed by atoms with E-state index in [1.54, 1.807) is 62.6 Å². The molecule has 0 aromatic heterocycles. The molecule has 7 nitrogen and oxygen atoms in total. The summed E-state index contributed by atoms with van der Waals surface area (Å²) in [5.74, 6) is 0.834. The van der Waals surface area contributed by atoms with Crippen LogP contribution in [0, 0.1) is 0 Å². The normalized spacial score (nSPS) is 14.7. The highest BCUT2D eigenvalue weighted by molar-refractivity contribution is 8.27. The number of methoxy groups -OCH3 is 2. The predicted molar refractivity (Wildman–Crippen MR) is 124 cm³/mol. The fourth-order valence-electron chi connectivity index (χ4n) is 2.81. The van der Waals surface area contributed by atoms with Crippen molar-refractivity contribution in [2.45, 2.75) is 6.92 Å². The van der Waals surface area contributed by atoms with Crippen molar-refractivity contribution in [3.05, 3.63) is 52.9 Å². The molecule has 1 aliphatic rings. The number of rotatable bonds is 8. The summed E-state index contributed by atoms with van der Waals surface area (Å²) in [5, 5.41) is 0. The lowest BCUT2D eigenvalue weighted by molar-refractivity contribution is -0.145. The monoisotopic (exact) mass is 459 g/mol. The molecule has 0 bridgehead atoms. The summed E-state index contributed by atoms with van der Waals surface area (Å²) in [5.41, 5.74) is 1.37. The second kappa shape index (κ2) is 10.3. The Balaban J connectivity index is 1.82. The Kier molecular flexibility index (Phi) is 7.54. The second-order valence-corrected chi connectivity index (χ2v) is 7.89. The Morgan fingerprint density at radius 2 is 1.84 bits per heavy atom. The van der Waals surface area contributed by atoms with Crippen LogP contribution in [0.1, 0.15) is 12.5 Å². The van der Waals surface area contributed by atoms with E-state index >= 15 is 0 Å². The molecule has 0 radical (unpaired) electrons. The van der Waals surface area contributed by atoms with Crippen LogP contribution in [0.3, 0.4) is 0 Å². The Labute approximate surface area is 189 Å². The van der Waals surface area contributed by atoms with Gasteiger partial charge in [-0.15, -0.1) is 0 Å². The van der Waals surface area contributed by atoms with Gasteiger partial charge in [0, 0.05) is 0 Å². The van der Waals surface area contributed by atoms with Crippen molar-refractivity contribution in [3.63, 3.8) is 0 Å². The minimum absolute atomic E-state index is 0.218. The minimum atomic E-state index is -0.477. The van der Waals surface area contributed by atoms with Gasteiger partial charge in [-0.3, -0.25) is 9.69 Å². The van der Waals surface area contributed by atoms with Gasteiger partial charge in [0.15, 0.2) is 22.4 Å². The van der Waals surface area contributed by atoms with E-state index in [9.17, 15) is 9.59 Å². The summed E-state index contributed by atoms with van der Waals surface area (Å²) >= 11 is 6.63. The van der Waals surface area contributed by atoms with Crippen molar-refractivity contribution >= 4 is 51.9 Å². The van der Waals surface area contributed by atoms with Crippen LogP contribution in [0.15, 0.2) is 47.4 Å². The van der Waals surface area contributed by atoms with Crippen LogP contribution in [0.5, 0.6) is 17.2 Å². The largest absolute Gasteiger partial charge is 0.497 e. The van der Waals surface area contributed by atoms with Gasteiger partial charge >= 0.3 is 5.97 Å². The maximum Gasteiger partial charge on any atom is 0.344 e. The van der Waals surface area contributed by atoms with Crippen molar-refractivity contribution in [2.75, 3.05) is 32.3 Å². The van der Waals surface area contributed by atoms with E-state index in [0.717, 1.165) is 0 Å². The first-order valence-electron chi connectivity index (χ1n) is 9.35. The van der Waals surface area contributed by atoms with Crippen LogP contribution < -0.4 is 19.1 Å². The van der Waals surface area contributed by atoms with Gasteiger partial charge in [0.25, 0.3) is 5.91 Å². The number of amides is 1. The quantitative estimate of drug-likeness (QED) is 0.333. The highest BCUT2D eigenvalue weighted by atomic mass is 32.2. The van der Waals surface area contributed by atoms with Crippen LogP contribution in [0.2, 0.25) is 0 Å². The smallest absolute Gasteiger partial charge is 0.344 e. The second-order valence-electron chi connectivity index (χ2n) is 6.22. The fourth-order valence-corrected chi connectivity index (χ4v) is 4.11. The zero-order chi connectivity index (χ0) is 22.4. The summed E-state index contributed by atoms with van der Waals surface area (Å²) < 4.78 is 21.3. The number of thiocarbonyl (C=S) groups is 1. The minimum Gasteiger partial charge on any atom is -0.497 e. The van der Waals surface area contributed by atoms with E-state index in [4.69, 9.17) is 31.2 Å². The van der Waals surface area contributed by atoms with E-state index in [-0.39, 0.29) is 19.1 Å². The van der Waals surface area contributed by atoms with Gasteiger partial charge in [-0.25, -0.2) is 4.79 Å². The van der Waals surface area contributed by atoms with Crippen molar-refractivity contribution in [1.29, 1.82) is 0 Å². The number of benzene rings is 2. The third kappa shape index (κ3) is 5.36. The number of thioether (sulfide) groups is 1. The first-order valence-corrected chi connectivity index (χ1v) is 10.6. The number of anilines is 1. The summed E-state index contributed by atoms with van der Waals surface area (Å²) in [6, 6.07) is 12.3. The van der Waals surface area contributed by atoms with Crippen molar-refractivity contribution < 1.29 is 28.5 Å². The molecule has 0 spiro atoms. The number of esters is 1. The lowest BCUT2D eigenvalue weighted by Crippen LogP contribution is -2.27. The Hall–Kier alpha value is -3.04. The average Bonchev–Trinajstić information content (AvgIpc) is 3.05. The molecule has 0 N–H and O–H groups in total. The molecule has 3 rings (SSSR count). The summed E-state index contributed by atoms with van der Waals surface area (Å²) in [4.78, 5) is 26.5. The standard InChI is InChI=1S/C22H21NO6S2/c1-4-28-20(24)13-29-18-11-14(5-10-17(18)27-3)12-19-21(25)23(22(30)31-19)15-6-8-16(26-2)9-7-15/h5-12H,4,13H2,1-3H3/b19-12+. The highest BCUT2D eigenvalue weighted by Crippen LogP contribution is 2.37. The molecular formula is C22H21NO6S2.